The van der Waals surface area contributed by atoms with Gasteiger partial charge in [0.15, 0.2) is 0 Å². The van der Waals surface area contributed by atoms with Crippen LogP contribution in [0.2, 0.25) is 0 Å². The number of carbonyl (C=O) groups excluding carboxylic acids is 1. The van der Waals surface area contributed by atoms with Crippen LogP contribution in [0.4, 0.5) is 11.4 Å². The fraction of sp³-hybridized carbons (Fsp3) is 0.333. The molecule has 1 aliphatic carbocycles. The summed E-state index contributed by atoms with van der Waals surface area (Å²) in [6.45, 7) is 4.49. The van der Waals surface area contributed by atoms with Gasteiger partial charge in [0.05, 0.1) is 17.9 Å². The van der Waals surface area contributed by atoms with E-state index in [0.29, 0.717) is 12.1 Å². The Morgan fingerprint density at radius 2 is 1.81 bits per heavy atom. The van der Waals surface area contributed by atoms with Crippen molar-refractivity contribution in [3.63, 3.8) is 0 Å². The Morgan fingerprint density at radius 3 is 2.46 bits per heavy atom. The molecule has 37 heavy (non-hydrogen) atoms. The number of aromatic nitrogens is 2. The van der Waals surface area contributed by atoms with Crippen molar-refractivity contribution >= 4 is 28.6 Å². The number of nitrogens with zero attached hydrogens (tertiary/aromatic N) is 2. The predicted molar refractivity (Wildman–Crippen MR) is 154 cm³/mol. The highest BCUT2D eigenvalue weighted by atomic mass is 32.1. The minimum atomic E-state index is -0.134. The van der Waals surface area contributed by atoms with E-state index in [-0.39, 0.29) is 11.9 Å². The molecular formula is C30H37N5OS. The minimum Gasteiger partial charge on any atom is -0.353 e. The maximum absolute atomic E-state index is 13.1. The second-order valence-corrected chi connectivity index (χ2v) is 10.8. The molecule has 0 saturated heterocycles. The van der Waals surface area contributed by atoms with Gasteiger partial charge in [-0.2, -0.15) is 5.10 Å². The normalized spacial score (nSPS) is 13.5. The fourth-order valence-electron chi connectivity index (χ4n) is 4.44. The second kappa shape index (κ2) is 12.7. The molecule has 0 spiro atoms. The molecule has 0 bridgehead atoms. The van der Waals surface area contributed by atoms with Crippen molar-refractivity contribution < 1.29 is 4.79 Å². The molecule has 194 valence electrons. The Hall–Kier alpha value is -3.42. The van der Waals surface area contributed by atoms with Crippen LogP contribution < -0.4 is 16.4 Å². The molecule has 4 aromatic rings. The van der Waals surface area contributed by atoms with Crippen LogP contribution in [0.15, 0.2) is 67.0 Å². The molecule has 2 aromatic carbocycles. The zero-order valence-corrected chi connectivity index (χ0v) is 22.8. The third kappa shape index (κ3) is 7.31. The van der Waals surface area contributed by atoms with Crippen LogP contribution in [-0.2, 0) is 13.6 Å². The first-order valence-corrected chi connectivity index (χ1v) is 13.8. The lowest BCUT2D eigenvalue weighted by Crippen LogP contribution is -2.27. The standard InChI is InChI=1S/C25H27N5OS.C5H10/c1-16-7-8-20(29-21-14-27-30(3)15-21)12-23(16)25(31)28-17(2)18-5-4-6-19(11-18)24-10-9-22(13-26)32-24;1-2-4-5-3-1/h4-12,14-15,17,29H,13,26H2,1-3H3,(H,28,31);1-5H2. The van der Waals surface area contributed by atoms with Crippen molar-refractivity contribution in [1.29, 1.82) is 0 Å². The molecular weight excluding hydrogens is 478 g/mol. The van der Waals surface area contributed by atoms with Gasteiger partial charge in [-0.25, -0.2) is 0 Å². The first-order valence-electron chi connectivity index (χ1n) is 13.0. The highest BCUT2D eigenvalue weighted by Gasteiger charge is 2.15. The summed E-state index contributed by atoms with van der Waals surface area (Å²) in [5.41, 5.74) is 11.2. The average Bonchev–Trinajstić information content (AvgIpc) is 3.69. The van der Waals surface area contributed by atoms with Crippen LogP contribution in [0.3, 0.4) is 0 Å². The van der Waals surface area contributed by atoms with Crippen molar-refractivity contribution in [3.05, 3.63) is 88.6 Å². The summed E-state index contributed by atoms with van der Waals surface area (Å²) in [4.78, 5) is 15.4. The fourth-order valence-corrected chi connectivity index (χ4v) is 5.33. The van der Waals surface area contributed by atoms with Gasteiger partial charge in [-0.05, 0) is 60.9 Å². The van der Waals surface area contributed by atoms with Crippen LogP contribution in [0.1, 0.15) is 71.4 Å². The molecule has 0 radical (unpaired) electrons. The topological polar surface area (TPSA) is 85.0 Å². The number of rotatable bonds is 7. The first kappa shape index (κ1) is 26.6. The highest BCUT2D eigenvalue weighted by Crippen LogP contribution is 2.30. The van der Waals surface area contributed by atoms with Crippen LogP contribution >= 0.6 is 11.3 Å². The molecule has 1 aliphatic rings. The molecule has 1 fully saturated rings. The number of hydrogen-bond acceptors (Lipinski definition) is 5. The van der Waals surface area contributed by atoms with E-state index in [2.05, 4.69) is 40.0 Å². The van der Waals surface area contributed by atoms with Gasteiger partial charge < -0.3 is 16.4 Å². The second-order valence-electron chi connectivity index (χ2n) is 9.62. The summed E-state index contributed by atoms with van der Waals surface area (Å²) in [5.74, 6) is -0.100. The molecule has 1 unspecified atom stereocenters. The summed E-state index contributed by atoms with van der Waals surface area (Å²) in [7, 11) is 1.87. The molecule has 1 amide bonds. The zero-order chi connectivity index (χ0) is 26.2. The Bertz CT molecular complexity index is 1310. The van der Waals surface area contributed by atoms with E-state index in [1.54, 1.807) is 22.2 Å². The minimum absolute atomic E-state index is 0.100. The third-order valence-corrected chi connectivity index (χ3v) is 7.76. The van der Waals surface area contributed by atoms with E-state index < -0.39 is 0 Å². The molecule has 2 aromatic heterocycles. The SMILES string of the molecule is C1CCCC1.Cc1ccc(Nc2cnn(C)c2)cc1C(=O)NC(C)c1cccc(-c2ccc(CN)s2)c1. The zero-order valence-electron chi connectivity index (χ0n) is 22.0. The van der Waals surface area contributed by atoms with Gasteiger partial charge in [-0.1, -0.05) is 56.4 Å². The summed E-state index contributed by atoms with van der Waals surface area (Å²) in [6, 6.07) is 18.1. The largest absolute Gasteiger partial charge is 0.353 e. The Labute approximate surface area is 223 Å². The van der Waals surface area contributed by atoms with Crippen molar-refractivity contribution in [2.24, 2.45) is 12.8 Å². The summed E-state index contributed by atoms with van der Waals surface area (Å²) in [6.07, 6.45) is 11.1. The maximum Gasteiger partial charge on any atom is 0.252 e. The lowest BCUT2D eigenvalue weighted by atomic mass is 10.0. The van der Waals surface area contributed by atoms with E-state index in [4.69, 9.17) is 5.73 Å². The number of carbonyl (C=O) groups is 1. The van der Waals surface area contributed by atoms with Crippen molar-refractivity contribution in [1.82, 2.24) is 15.1 Å². The van der Waals surface area contributed by atoms with E-state index in [1.165, 1.54) is 37.0 Å². The number of amides is 1. The predicted octanol–water partition coefficient (Wildman–Crippen LogP) is 7.10. The smallest absolute Gasteiger partial charge is 0.252 e. The van der Waals surface area contributed by atoms with Crippen LogP contribution in [0.5, 0.6) is 0 Å². The number of anilines is 2. The first-order chi connectivity index (χ1) is 17.9. The number of benzene rings is 2. The molecule has 5 rings (SSSR count). The van der Waals surface area contributed by atoms with Gasteiger partial charge in [0.2, 0.25) is 0 Å². The van der Waals surface area contributed by atoms with E-state index >= 15 is 0 Å². The molecule has 7 heteroatoms. The number of nitrogens with two attached hydrogens (primary N) is 1. The van der Waals surface area contributed by atoms with Gasteiger partial charge in [0.1, 0.15) is 0 Å². The highest BCUT2D eigenvalue weighted by molar-refractivity contribution is 7.15. The summed E-state index contributed by atoms with van der Waals surface area (Å²) < 4.78 is 1.73. The number of thiophene rings is 1. The molecule has 1 saturated carbocycles. The van der Waals surface area contributed by atoms with Gasteiger partial charge >= 0.3 is 0 Å². The van der Waals surface area contributed by atoms with E-state index in [0.717, 1.165) is 32.9 Å². The van der Waals surface area contributed by atoms with Crippen LogP contribution in [0, 0.1) is 6.92 Å². The van der Waals surface area contributed by atoms with Crippen molar-refractivity contribution in [2.75, 3.05) is 5.32 Å². The maximum atomic E-state index is 13.1. The van der Waals surface area contributed by atoms with Gasteiger partial charge in [-0.15, -0.1) is 11.3 Å². The van der Waals surface area contributed by atoms with E-state index in [9.17, 15) is 4.79 Å². The van der Waals surface area contributed by atoms with Gasteiger partial charge in [0, 0.05) is 40.8 Å². The molecule has 0 aliphatic heterocycles. The quantitative estimate of drug-likeness (QED) is 0.245. The Balaban J connectivity index is 0.000000572. The molecule has 6 nitrogen and oxygen atoms in total. The van der Waals surface area contributed by atoms with Crippen LogP contribution in [-0.4, -0.2) is 15.7 Å². The van der Waals surface area contributed by atoms with Crippen molar-refractivity contribution in [2.45, 2.75) is 58.5 Å². The molecule has 2 heterocycles. The monoisotopic (exact) mass is 515 g/mol. The molecule has 4 N–H and O–H groups in total. The van der Waals surface area contributed by atoms with Crippen LogP contribution in [0.25, 0.3) is 10.4 Å². The summed E-state index contributed by atoms with van der Waals surface area (Å²) in [5, 5.41) is 10.6. The third-order valence-electron chi connectivity index (χ3n) is 6.61. The van der Waals surface area contributed by atoms with E-state index in [1.807, 2.05) is 57.4 Å². The Kier molecular flexibility index (Phi) is 9.14. The summed E-state index contributed by atoms with van der Waals surface area (Å²) >= 11 is 1.70. The lowest BCUT2D eigenvalue weighted by Gasteiger charge is -2.17. The molecule has 1 atom stereocenters. The Morgan fingerprint density at radius 1 is 1.05 bits per heavy atom. The van der Waals surface area contributed by atoms with Gasteiger partial charge in [0.25, 0.3) is 5.91 Å². The van der Waals surface area contributed by atoms with Gasteiger partial charge in [-0.3, -0.25) is 9.48 Å². The lowest BCUT2D eigenvalue weighted by molar-refractivity contribution is 0.0939. The van der Waals surface area contributed by atoms with Crippen molar-refractivity contribution in [3.8, 4) is 10.4 Å². The number of aryl methyl sites for hydroxylation is 2. The number of hydrogen-bond donors (Lipinski definition) is 3. The number of nitrogens with one attached hydrogen (secondary N) is 2. The average molecular weight is 516 g/mol.